The van der Waals surface area contributed by atoms with Crippen LogP contribution in [0.4, 0.5) is 0 Å². The van der Waals surface area contributed by atoms with Gasteiger partial charge in [0.05, 0.1) is 19.9 Å². The molecule has 4 heterocycles. The molecule has 0 spiro atoms. The monoisotopic (exact) mass is 431 g/mol. The lowest BCUT2D eigenvalue weighted by Gasteiger charge is -2.14. The fourth-order valence-electron chi connectivity index (χ4n) is 3.89. The normalized spacial score (nSPS) is 15.2. The minimum absolute atomic E-state index is 0.213. The van der Waals surface area contributed by atoms with Crippen LogP contribution in [0.2, 0.25) is 4.34 Å². The maximum atomic E-state index is 13.2. The first-order chi connectivity index (χ1) is 13.6. The van der Waals surface area contributed by atoms with E-state index in [1.54, 1.807) is 6.07 Å². The fraction of sp³-hybridized carbons (Fsp3) is 0.300. The van der Waals surface area contributed by atoms with Crippen molar-refractivity contribution in [1.82, 2.24) is 14.6 Å². The standard InChI is InChI=1S/C20H18ClN3O2S2/c21-15-11-12-17(25)16(18(26)22-7-10-23-8-3-4-9-23)20-24(19(12)28-15)13-5-1-2-6-14(13)27-20/h1-2,5-6,11H,3-4,7-10H2,(H,22,26). The molecule has 5 rings (SSSR count). The first kappa shape index (κ1) is 18.1. The van der Waals surface area contributed by atoms with Crippen molar-refractivity contribution in [2.24, 2.45) is 0 Å². The Labute approximate surface area is 174 Å². The van der Waals surface area contributed by atoms with E-state index in [1.807, 2.05) is 28.7 Å². The van der Waals surface area contributed by atoms with E-state index in [-0.39, 0.29) is 16.9 Å². The second-order valence-electron chi connectivity index (χ2n) is 6.99. The van der Waals surface area contributed by atoms with Gasteiger partial charge in [0.15, 0.2) is 0 Å². The number of para-hydroxylation sites is 1. The van der Waals surface area contributed by atoms with Gasteiger partial charge in [0.1, 0.15) is 15.2 Å². The molecule has 3 aromatic heterocycles. The number of nitrogens with one attached hydrogen (secondary N) is 1. The number of likely N-dealkylation sites (tertiary alicyclic amines) is 1. The second-order valence-corrected chi connectivity index (χ2v) is 9.68. The maximum absolute atomic E-state index is 13.2. The number of aromatic nitrogens is 1. The molecule has 0 aliphatic carbocycles. The van der Waals surface area contributed by atoms with Gasteiger partial charge in [-0.3, -0.25) is 14.0 Å². The maximum Gasteiger partial charge on any atom is 0.258 e. The van der Waals surface area contributed by atoms with E-state index in [1.165, 1.54) is 35.5 Å². The highest BCUT2D eigenvalue weighted by molar-refractivity contribution is 7.25. The number of hydrogen-bond acceptors (Lipinski definition) is 5. The summed E-state index contributed by atoms with van der Waals surface area (Å²) in [7, 11) is 0. The highest BCUT2D eigenvalue weighted by Gasteiger charge is 2.23. The number of carbonyl (C=O) groups excluding carboxylic acids is 1. The lowest BCUT2D eigenvalue weighted by Crippen LogP contribution is -2.35. The molecule has 0 radical (unpaired) electrons. The van der Waals surface area contributed by atoms with E-state index in [2.05, 4.69) is 10.2 Å². The molecule has 28 heavy (non-hydrogen) atoms. The Bertz CT molecular complexity index is 1270. The largest absolute Gasteiger partial charge is 0.351 e. The summed E-state index contributed by atoms with van der Waals surface area (Å²) >= 11 is 9.06. The van der Waals surface area contributed by atoms with E-state index < -0.39 is 0 Å². The van der Waals surface area contributed by atoms with Gasteiger partial charge in [-0.15, -0.1) is 22.7 Å². The van der Waals surface area contributed by atoms with Crippen molar-refractivity contribution < 1.29 is 4.79 Å². The van der Waals surface area contributed by atoms with Crippen LogP contribution in [-0.2, 0) is 0 Å². The third-order valence-electron chi connectivity index (χ3n) is 5.23. The first-order valence-electron chi connectivity index (χ1n) is 9.29. The molecule has 0 saturated carbocycles. The van der Waals surface area contributed by atoms with Crippen LogP contribution in [0.1, 0.15) is 23.2 Å². The number of pyridine rings is 1. The highest BCUT2D eigenvalue weighted by Crippen LogP contribution is 2.35. The first-order valence-corrected chi connectivity index (χ1v) is 11.3. The number of benzene rings is 1. The summed E-state index contributed by atoms with van der Waals surface area (Å²) in [4.78, 5) is 30.0. The van der Waals surface area contributed by atoms with Crippen molar-refractivity contribution in [2.75, 3.05) is 26.2 Å². The molecule has 0 unspecified atom stereocenters. The number of nitrogens with zero attached hydrogens (tertiary/aromatic N) is 2. The molecule has 4 aromatic rings. The third-order valence-corrected chi connectivity index (χ3v) is 7.62. The number of hydrogen-bond donors (Lipinski definition) is 1. The molecule has 1 amide bonds. The van der Waals surface area contributed by atoms with E-state index in [4.69, 9.17) is 11.6 Å². The van der Waals surface area contributed by atoms with Gasteiger partial charge in [-0.05, 0) is 44.1 Å². The Morgan fingerprint density at radius 1 is 1.14 bits per heavy atom. The predicted molar refractivity (Wildman–Crippen MR) is 117 cm³/mol. The molecule has 8 heteroatoms. The van der Waals surface area contributed by atoms with Gasteiger partial charge in [-0.1, -0.05) is 23.7 Å². The number of amides is 1. The van der Waals surface area contributed by atoms with Gasteiger partial charge in [0.2, 0.25) is 5.43 Å². The summed E-state index contributed by atoms with van der Waals surface area (Å²) in [6.45, 7) is 3.52. The summed E-state index contributed by atoms with van der Waals surface area (Å²) in [6.07, 6.45) is 2.43. The zero-order valence-electron chi connectivity index (χ0n) is 15.0. The van der Waals surface area contributed by atoms with Crippen LogP contribution in [0.15, 0.2) is 35.1 Å². The lowest BCUT2D eigenvalue weighted by atomic mass is 10.2. The number of carbonyl (C=O) groups is 1. The van der Waals surface area contributed by atoms with Crippen molar-refractivity contribution in [3.8, 4) is 0 Å². The molecule has 1 aromatic carbocycles. The molecule has 1 N–H and O–H groups in total. The molecular formula is C20H18ClN3O2S2. The van der Waals surface area contributed by atoms with Crippen molar-refractivity contribution in [3.05, 3.63) is 50.5 Å². The van der Waals surface area contributed by atoms with Gasteiger partial charge in [-0.2, -0.15) is 0 Å². The van der Waals surface area contributed by atoms with Crippen LogP contribution in [0.5, 0.6) is 0 Å². The summed E-state index contributed by atoms with van der Waals surface area (Å²) in [6, 6.07) is 9.61. The number of fused-ring (bicyclic) bond motifs is 5. The summed E-state index contributed by atoms with van der Waals surface area (Å²) in [5, 5.41) is 3.46. The predicted octanol–water partition coefficient (Wildman–Crippen LogP) is 4.21. The Kier molecular flexibility index (Phi) is 4.63. The van der Waals surface area contributed by atoms with E-state index in [0.29, 0.717) is 21.1 Å². The highest BCUT2D eigenvalue weighted by atomic mass is 35.5. The van der Waals surface area contributed by atoms with Crippen LogP contribution in [0.3, 0.4) is 0 Å². The van der Waals surface area contributed by atoms with Gasteiger partial charge < -0.3 is 10.2 Å². The minimum atomic E-state index is -0.308. The Morgan fingerprint density at radius 2 is 1.93 bits per heavy atom. The molecule has 5 nitrogen and oxygen atoms in total. The average Bonchev–Trinajstić information content (AvgIpc) is 3.39. The number of thiophene rings is 1. The van der Waals surface area contributed by atoms with Crippen LogP contribution >= 0.6 is 34.3 Å². The molecule has 0 bridgehead atoms. The van der Waals surface area contributed by atoms with Gasteiger partial charge in [-0.25, -0.2) is 0 Å². The lowest BCUT2D eigenvalue weighted by molar-refractivity contribution is 0.0950. The molecular weight excluding hydrogens is 414 g/mol. The zero-order valence-corrected chi connectivity index (χ0v) is 17.4. The third kappa shape index (κ3) is 2.93. The number of thiazole rings is 1. The van der Waals surface area contributed by atoms with E-state index in [0.717, 1.165) is 34.7 Å². The topological polar surface area (TPSA) is 53.8 Å². The van der Waals surface area contributed by atoms with Crippen molar-refractivity contribution in [1.29, 1.82) is 0 Å². The van der Waals surface area contributed by atoms with Crippen molar-refractivity contribution in [2.45, 2.75) is 12.8 Å². The van der Waals surface area contributed by atoms with Gasteiger partial charge in [0.25, 0.3) is 5.91 Å². The van der Waals surface area contributed by atoms with E-state index >= 15 is 0 Å². The summed E-state index contributed by atoms with van der Waals surface area (Å²) < 4.78 is 3.58. The van der Waals surface area contributed by atoms with Crippen molar-refractivity contribution >= 4 is 65.4 Å². The Balaban J connectivity index is 1.63. The summed E-state index contributed by atoms with van der Waals surface area (Å²) in [5.41, 5.74) is 0.949. The second kappa shape index (κ2) is 7.15. The fourth-order valence-corrected chi connectivity index (χ4v) is 6.36. The molecule has 1 aliphatic rings. The average molecular weight is 432 g/mol. The molecule has 1 aliphatic heterocycles. The van der Waals surface area contributed by atoms with Crippen LogP contribution in [-0.4, -0.2) is 41.4 Å². The number of halogens is 1. The molecule has 1 saturated heterocycles. The van der Waals surface area contributed by atoms with Crippen molar-refractivity contribution in [3.63, 3.8) is 0 Å². The molecule has 1 fully saturated rings. The van der Waals surface area contributed by atoms with Crippen LogP contribution < -0.4 is 10.7 Å². The smallest absolute Gasteiger partial charge is 0.258 e. The number of rotatable bonds is 4. The molecule has 0 atom stereocenters. The Hall–Kier alpha value is -1.93. The zero-order chi connectivity index (χ0) is 19.3. The van der Waals surface area contributed by atoms with Gasteiger partial charge >= 0.3 is 0 Å². The SMILES string of the molecule is O=C(NCCN1CCCC1)c1c(=O)c2cc(Cl)sc2n2c1sc1ccccc12. The minimum Gasteiger partial charge on any atom is -0.351 e. The van der Waals surface area contributed by atoms with Crippen LogP contribution in [0.25, 0.3) is 25.3 Å². The van der Waals surface area contributed by atoms with E-state index in [9.17, 15) is 9.59 Å². The van der Waals surface area contributed by atoms with Crippen LogP contribution in [0, 0.1) is 0 Å². The quantitative estimate of drug-likeness (QED) is 0.526. The summed E-state index contributed by atoms with van der Waals surface area (Å²) in [5.74, 6) is -0.308. The molecule has 144 valence electrons. The Morgan fingerprint density at radius 3 is 2.75 bits per heavy atom. The van der Waals surface area contributed by atoms with Gasteiger partial charge in [0, 0.05) is 13.1 Å².